The first-order valence-electron chi connectivity index (χ1n) is 10.9. The third-order valence-electron chi connectivity index (χ3n) is 5.61. The molecule has 2 aromatic heterocycles. The molecule has 0 radical (unpaired) electrons. The van der Waals surface area contributed by atoms with Crippen molar-refractivity contribution in [3.05, 3.63) is 44.5 Å². The highest BCUT2D eigenvalue weighted by molar-refractivity contribution is 7.16. The topological polar surface area (TPSA) is 104 Å². The molecule has 3 heterocycles. The van der Waals surface area contributed by atoms with Gasteiger partial charge >= 0.3 is 6.09 Å². The second-order valence-corrected chi connectivity index (χ2v) is 9.74. The van der Waals surface area contributed by atoms with Crippen LogP contribution in [0.5, 0.6) is 0 Å². The standard InChI is InChI=1S/C23H26N4O4S2/c24-14-19-18-3-2-17(31-23(29)25-6-7-27-8-10-30-11-9-27)13-20(18)33-22(19)26-21(28)4-1-16-5-12-32-15-16/h1,4-5,12,15,17H,2-3,6-11,13H2,(H,25,29)(H,26,28)/b4-1+. The first kappa shape index (κ1) is 23.4. The second-order valence-electron chi connectivity index (χ2n) is 7.85. The molecule has 2 amide bonds. The highest BCUT2D eigenvalue weighted by Crippen LogP contribution is 2.38. The number of carbonyl (C=O) groups excluding carboxylic acids is 2. The molecule has 33 heavy (non-hydrogen) atoms. The number of alkyl carbamates (subject to hydrolysis) is 1. The summed E-state index contributed by atoms with van der Waals surface area (Å²) in [7, 11) is 0. The zero-order valence-corrected chi connectivity index (χ0v) is 19.8. The number of anilines is 1. The number of nitrogens with zero attached hydrogens (tertiary/aromatic N) is 2. The van der Waals surface area contributed by atoms with E-state index in [-0.39, 0.29) is 12.0 Å². The van der Waals surface area contributed by atoms with Crippen LogP contribution in [0.15, 0.2) is 22.9 Å². The molecule has 174 valence electrons. The number of hydrogen-bond donors (Lipinski definition) is 2. The average molecular weight is 487 g/mol. The summed E-state index contributed by atoms with van der Waals surface area (Å²) in [5, 5.41) is 19.8. The van der Waals surface area contributed by atoms with Gasteiger partial charge in [-0.1, -0.05) is 0 Å². The van der Waals surface area contributed by atoms with Gasteiger partial charge in [0, 0.05) is 43.6 Å². The van der Waals surface area contributed by atoms with E-state index in [9.17, 15) is 14.9 Å². The van der Waals surface area contributed by atoms with Gasteiger partial charge in [0.25, 0.3) is 0 Å². The van der Waals surface area contributed by atoms with Crippen LogP contribution in [0, 0.1) is 11.3 Å². The number of amides is 2. The van der Waals surface area contributed by atoms with Crippen molar-refractivity contribution in [2.24, 2.45) is 0 Å². The normalized spacial score (nSPS) is 18.5. The molecule has 8 nitrogen and oxygen atoms in total. The van der Waals surface area contributed by atoms with Gasteiger partial charge in [-0.2, -0.15) is 16.6 Å². The summed E-state index contributed by atoms with van der Waals surface area (Å²) < 4.78 is 10.9. The van der Waals surface area contributed by atoms with Crippen LogP contribution in [0.4, 0.5) is 9.80 Å². The zero-order valence-electron chi connectivity index (χ0n) is 18.2. The van der Waals surface area contributed by atoms with Gasteiger partial charge in [0.2, 0.25) is 5.91 Å². The molecule has 0 spiro atoms. The van der Waals surface area contributed by atoms with E-state index in [0.29, 0.717) is 36.4 Å². The molecule has 4 rings (SSSR count). The van der Waals surface area contributed by atoms with Crippen LogP contribution in [-0.4, -0.2) is 62.4 Å². The first-order chi connectivity index (χ1) is 16.1. The number of ether oxygens (including phenoxy) is 2. The highest BCUT2D eigenvalue weighted by Gasteiger charge is 2.28. The molecule has 1 aliphatic heterocycles. The van der Waals surface area contributed by atoms with Gasteiger partial charge in [-0.05, 0) is 46.9 Å². The van der Waals surface area contributed by atoms with E-state index in [4.69, 9.17) is 9.47 Å². The van der Waals surface area contributed by atoms with Crippen molar-refractivity contribution in [1.29, 1.82) is 5.26 Å². The fourth-order valence-electron chi connectivity index (χ4n) is 3.89. The van der Waals surface area contributed by atoms with Crippen molar-refractivity contribution in [1.82, 2.24) is 10.2 Å². The van der Waals surface area contributed by atoms with Gasteiger partial charge in [0.05, 0.1) is 18.8 Å². The van der Waals surface area contributed by atoms with Crippen LogP contribution >= 0.6 is 22.7 Å². The van der Waals surface area contributed by atoms with Gasteiger partial charge in [0.15, 0.2) is 0 Å². The van der Waals surface area contributed by atoms with E-state index < -0.39 is 6.09 Å². The Bertz CT molecular complexity index is 1040. The van der Waals surface area contributed by atoms with Crippen LogP contribution in [0.25, 0.3) is 6.08 Å². The number of rotatable bonds is 7. The van der Waals surface area contributed by atoms with Crippen molar-refractivity contribution < 1.29 is 19.1 Å². The summed E-state index contributed by atoms with van der Waals surface area (Å²) >= 11 is 2.95. The summed E-state index contributed by atoms with van der Waals surface area (Å²) in [6.45, 7) is 4.52. The van der Waals surface area contributed by atoms with Crippen LogP contribution in [0.1, 0.15) is 28.0 Å². The Morgan fingerprint density at radius 3 is 2.97 bits per heavy atom. The number of hydrogen-bond acceptors (Lipinski definition) is 8. The lowest BCUT2D eigenvalue weighted by atomic mass is 9.94. The minimum absolute atomic E-state index is 0.242. The van der Waals surface area contributed by atoms with E-state index >= 15 is 0 Å². The van der Waals surface area contributed by atoms with Crippen LogP contribution in [-0.2, 0) is 27.1 Å². The minimum atomic E-state index is -0.416. The van der Waals surface area contributed by atoms with Gasteiger partial charge in [-0.25, -0.2) is 4.79 Å². The molecule has 2 aromatic rings. The molecule has 1 aliphatic carbocycles. The predicted octanol–water partition coefficient (Wildman–Crippen LogP) is 3.25. The van der Waals surface area contributed by atoms with Crippen molar-refractivity contribution in [3.8, 4) is 6.07 Å². The fourth-order valence-corrected chi connectivity index (χ4v) is 5.79. The maximum Gasteiger partial charge on any atom is 0.407 e. The minimum Gasteiger partial charge on any atom is -0.446 e. The maximum absolute atomic E-state index is 12.3. The van der Waals surface area contributed by atoms with Gasteiger partial charge < -0.3 is 20.1 Å². The molecule has 10 heteroatoms. The van der Waals surface area contributed by atoms with E-state index in [1.165, 1.54) is 17.4 Å². The monoisotopic (exact) mass is 486 g/mol. The van der Waals surface area contributed by atoms with Crippen molar-refractivity contribution in [2.75, 3.05) is 44.7 Å². The molecule has 2 aliphatic rings. The Morgan fingerprint density at radius 2 is 2.21 bits per heavy atom. The summed E-state index contributed by atoms with van der Waals surface area (Å²) in [6, 6.07) is 4.16. The van der Waals surface area contributed by atoms with Gasteiger partial charge in [-0.15, -0.1) is 11.3 Å². The van der Waals surface area contributed by atoms with Crippen LogP contribution < -0.4 is 10.6 Å². The van der Waals surface area contributed by atoms with Crippen LogP contribution in [0.3, 0.4) is 0 Å². The third kappa shape index (κ3) is 6.42. The largest absolute Gasteiger partial charge is 0.446 e. The number of nitriles is 1. The first-order valence-corrected chi connectivity index (χ1v) is 12.7. The lowest BCUT2D eigenvalue weighted by Gasteiger charge is -2.27. The van der Waals surface area contributed by atoms with Crippen LogP contribution in [0.2, 0.25) is 0 Å². The van der Waals surface area contributed by atoms with E-state index in [1.54, 1.807) is 17.4 Å². The van der Waals surface area contributed by atoms with Crippen molar-refractivity contribution >= 4 is 45.8 Å². The molecule has 0 saturated carbocycles. The number of fused-ring (bicyclic) bond motifs is 1. The average Bonchev–Trinajstić information content (AvgIpc) is 3.45. The Balaban J connectivity index is 1.29. The fraction of sp³-hybridized carbons (Fsp3) is 0.435. The Hall–Kier alpha value is -2.71. The SMILES string of the molecule is N#Cc1c(NC(=O)/C=C/c2ccsc2)sc2c1CCC(OC(=O)NCCN1CCOCC1)C2. The van der Waals surface area contributed by atoms with E-state index in [1.807, 2.05) is 16.8 Å². The van der Waals surface area contributed by atoms with Gasteiger partial charge in [0.1, 0.15) is 17.2 Å². The lowest BCUT2D eigenvalue weighted by Crippen LogP contribution is -2.42. The summed E-state index contributed by atoms with van der Waals surface area (Å²) in [4.78, 5) is 27.8. The van der Waals surface area contributed by atoms with E-state index in [0.717, 1.165) is 48.9 Å². The molecule has 0 aromatic carbocycles. The molecule has 0 bridgehead atoms. The smallest absolute Gasteiger partial charge is 0.407 e. The number of carbonyl (C=O) groups is 2. The molecule has 1 atom stereocenters. The number of morpholine rings is 1. The molecular weight excluding hydrogens is 460 g/mol. The Labute approximate surface area is 200 Å². The summed E-state index contributed by atoms with van der Waals surface area (Å²) in [5.74, 6) is -0.274. The Morgan fingerprint density at radius 1 is 1.36 bits per heavy atom. The highest BCUT2D eigenvalue weighted by atomic mass is 32.1. The molecule has 1 saturated heterocycles. The summed E-state index contributed by atoms with van der Waals surface area (Å²) in [5.41, 5.74) is 2.43. The van der Waals surface area contributed by atoms with Crippen molar-refractivity contribution in [3.63, 3.8) is 0 Å². The van der Waals surface area contributed by atoms with Gasteiger partial charge in [-0.3, -0.25) is 9.69 Å². The summed E-state index contributed by atoms with van der Waals surface area (Å²) in [6.07, 6.45) is 4.39. The maximum atomic E-state index is 12.3. The zero-order chi connectivity index (χ0) is 23.0. The second kappa shape index (κ2) is 11.4. The molecule has 2 N–H and O–H groups in total. The third-order valence-corrected chi connectivity index (χ3v) is 7.48. The molecule has 1 fully saturated rings. The number of thiophene rings is 2. The number of nitrogens with one attached hydrogen (secondary N) is 2. The van der Waals surface area contributed by atoms with Crippen molar-refractivity contribution in [2.45, 2.75) is 25.4 Å². The lowest BCUT2D eigenvalue weighted by molar-refractivity contribution is -0.111. The molecular formula is C23H26N4O4S2. The quantitative estimate of drug-likeness (QED) is 0.583. The van der Waals surface area contributed by atoms with E-state index in [2.05, 4.69) is 21.6 Å². The Kier molecular flexibility index (Phi) is 8.12. The predicted molar refractivity (Wildman–Crippen MR) is 129 cm³/mol. The molecule has 1 unspecified atom stereocenters.